The van der Waals surface area contributed by atoms with Gasteiger partial charge < -0.3 is 9.84 Å². The van der Waals surface area contributed by atoms with E-state index in [1.165, 1.54) is 31.2 Å². The first-order valence-corrected chi connectivity index (χ1v) is 7.95. The third-order valence-electron chi connectivity index (χ3n) is 4.55. The lowest BCUT2D eigenvalue weighted by Gasteiger charge is -2.30. The maximum Gasteiger partial charge on any atom is 0.305 e. The van der Waals surface area contributed by atoms with Gasteiger partial charge in [-0.15, -0.1) is 0 Å². The number of carboxylic acid groups (broad SMARTS) is 1. The lowest BCUT2D eigenvalue weighted by molar-refractivity contribution is -0.138. The maximum atomic E-state index is 11.3. The quantitative estimate of drug-likeness (QED) is 0.925. The molecule has 2 aliphatic rings. The topological polar surface area (TPSA) is 49.8 Å². The summed E-state index contributed by atoms with van der Waals surface area (Å²) in [6.07, 6.45) is 5.97. The van der Waals surface area contributed by atoms with Gasteiger partial charge in [0.2, 0.25) is 0 Å². The van der Waals surface area contributed by atoms with E-state index in [1.54, 1.807) is 0 Å². The Kier molecular flexibility index (Phi) is 4.44. The summed E-state index contributed by atoms with van der Waals surface area (Å²) < 4.78 is 5.55. The second-order valence-corrected chi connectivity index (χ2v) is 6.03. The largest absolute Gasteiger partial charge is 0.493 e. The summed E-state index contributed by atoms with van der Waals surface area (Å²) in [5, 5.41) is 9.29. The van der Waals surface area contributed by atoms with Crippen LogP contribution in [0, 0.1) is 0 Å². The number of rotatable bonds is 4. The van der Waals surface area contributed by atoms with Crippen LogP contribution in [0.15, 0.2) is 18.2 Å². The number of hydrogen-bond donors (Lipinski definition) is 1. The Labute approximate surface area is 125 Å². The van der Waals surface area contributed by atoms with Gasteiger partial charge in [-0.3, -0.25) is 9.69 Å². The van der Waals surface area contributed by atoms with Crippen molar-refractivity contribution in [2.45, 2.75) is 44.6 Å². The van der Waals surface area contributed by atoms with Crippen LogP contribution in [0.3, 0.4) is 0 Å². The van der Waals surface area contributed by atoms with Crippen molar-refractivity contribution in [3.8, 4) is 5.75 Å². The second kappa shape index (κ2) is 6.48. The van der Waals surface area contributed by atoms with Crippen molar-refractivity contribution in [2.24, 2.45) is 0 Å². The predicted octanol–water partition coefficient (Wildman–Crippen LogP) is 3.01. The molecule has 0 aromatic heterocycles. The van der Waals surface area contributed by atoms with Crippen LogP contribution in [-0.4, -0.2) is 35.7 Å². The van der Waals surface area contributed by atoms with Gasteiger partial charge in [0.25, 0.3) is 0 Å². The van der Waals surface area contributed by atoms with Crippen molar-refractivity contribution in [1.82, 2.24) is 4.90 Å². The average Bonchev–Trinajstić information content (AvgIpc) is 2.77. The molecule has 1 aromatic rings. The Hall–Kier alpha value is -1.55. The monoisotopic (exact) mass is 289 g/mol. The number of likely N-dealkylation sites (tertiary alicyclic amines) is 1. The van der Waals surface area contributed by atoms with E-state index in [9.17, 15) is 9.90 Å². The molecule has 1 N–H and O–H groups in total. The van der Waals surface area contributed by atoms with Crippen LogP contribution in [-0.2, 0) is 11.2 Å². The van der Waals surface area contributed by atoms with Crippen LogP contribution in [0.1, 0.15) is 49.3 Å². The minimum Gasteiger partial charge on any atom is -0.493 e. The van der Waals surface area contributed by atoms with Crippen LogP contribution in [0.5, 0.6) is 5.75 Å². The Balaban J connectivity index is 1.85. The lowest BCUT2D eigenvalue weighted by atomic mass is 9.98. The van der Waals surface area contributed by atoms with Crippen molar-refractivity contribution in [2.75, 3.05) is 19.7 Å². The summed E-state index contributed by atoms with van der Waals surface area (Å²) >= 11 is 0. The van der Waals surface area contributed by atoms with Gasteiger partial charge in [0.05, 0.1) is 13.0 Å². The second-order valence-electron chi connectivity index (χ2n) is 6.03. The van der Waals surface area contributed by atoms with Crippen LogP contribution in [0.4, 0.5) is 0 Å². The zero-order chi connectivity index (χ0) is 14.7. The fourth-order valence-corrected chi connectivity index (χ4v) is 3.44. The van der Waals surface area contributed by atoms with Gasteiger partial charge >= 0.3 is 5.97 Å². The standard InChI is InChI=1S/C17H23NO3/c19-17(20)12-15(18-8-3-1-2-4-9-18)13-5-6-16-14(11-13)7-10-21-16/h5-6,11,15H,1-4,7-10,12H2,(H,19,20). The number of ether oxygens (including phenoxy) is 1. The summed E-state index contributed by atoms with van der Waals surface area (Å²) in [7, 11) is 0. The normalized spacial score (nSPS) is 20.4. The van der Waals surface area contributed by atoms with E-state index in [2.05, 4.69) is 11.0 Å². The third-order valence-corrected chi connectivity index (χ3v) is 4.55. The highest BCUT2D eigenvalue weighted by Gasteiger charge is 2.25. The Morgan fingerprint density at radius 3 is 2.71 bits per heavy atom. The number of carbonyl (C=O) groups is 1. The predicted molar refractivity (Wildman–Crippen MR) is 80.7 cm³/mol. The summed E-state index contributed by atoms with van der Waals surface area (Å²) in [6.45, 7) is 2.75. The SMILES string of the molecule is O=C(O)CC(c1ccc2c(c1)CCO2)N1CCCCCC1. The number of aliphatic carboxylic acids is 1. The number of hydrogen-bond acceptors (Lipinski definition) is 3. The minimum absolute atomic E-state index is 0.00787. The molecule has 1 saturated heterocycles. The molecule has 0 amide bonds. The Morgan fingerprint density at radius 1 is 1.24 bits per heavy atom. The van der Waals surface area contributed by atoms with E-state index < -0.39 is 5.97 Å². The molecule has 3 rings (SSSR count). The molecule has 4 heteroatoms. The maximum absolute atomic E-state index is 11.3. The van der Waals surface area contributed by atoms with Crippen molar-refractivity contribution in [3.05, 3.63) is 29.3 Å². The van der Waals surface area contributed by atoms with E-state index in [0.29, 0.717) is 0 Å². The fourth-order valence-electron chi connectivity index (χ4n) is 3.44. The van der Waals surface area contributed by atoms with Gasteiger partial charge in [0.1, 0.15) is 5.75 Å². The first-order chi connectivity index (χ1) is 10.2. The van der Waals surface area contributed by atoms with Gasteiger partial charge in [0.15, 0.2) is 0 Å². The van der Waals surface area contributed by atoms with Crippen molar-refractivity contribution in [3.63, 3.8) is 0 Å². The number of carboxylic acids is 1. The van der Waals surface area contributed by atoms with Crippen molar-refractivity contribution in [1.29, 1.82) is 0 Å². The summed E-state index contributed by atoms with van der Waals surface area (Å²) in [6, 6.07) is 6.19. The molecule has 1 atom stereocenters. The molecule has 1 fully saturated rings. The summed E-state index contributed by atoms with van der Waals surface area (Å²) in [5.41, 5.74) is 2.35. The van der Waals surface area contributed by atoms with Crippen molar-refractivity contribution >= 4 is 5.97 Å². The highest BCUT2D eigenvalue weighted by molar-refractivity contribution is 5.68. The number of fused-ring (bicyclic) bond motifs is 1. The zero-order valence-corrected chi connectivity index (χ0v) is 12.4. The van der Waals surface area contributed by atoms with E-state index in [0.717, 1.165) is 37.4 Å². The lowest BCUT2D eigenvalue weighted by Crippen LogP contribution is -2.31. The molecule has 1 aromatic carbocycles. The average molecular weight is 289 g/mol. The Bertz CT molecular complexity index is 507. The van der Waals surface area contributed by atoms with Gasteiger partial charge in [0, 0.05) is 12.5 Å². The third kappa shape index (κ3) is 3.38. The number of nitrogens with zero attached hydrogens (tertiary/aromatic N) is 1. The van der Waals surface area contributed by atoms with E-state index in [1.807, 2.05) is 12.1 Å². The van der Waals surface area contributed by atoms with Crippen LogP contribution in [0.25, 0.3) is 0 Å². The van der Waals surface area contributed by atoms with Gasteiger partial charge in [-0.25, -0.2) is 0 Å². The molecule has 0 aliphatic carbocycles. The molecular weight excluding hydrogens is 266 g/mol. The molecule has 2 aliphatic heterocycles. The molecule has 0 bridgehead atoms. The first-order valence-electron chi connectivity index (χ1n) is 7.95. The van der Waals surface area contributed by atoms with Gasteiger partial charge in [-0.05, 0) is 43.1 Å². The fraction of sp³-hybridized carbons (Fsp3) is 0.588. The zero-order valence-electron chi connectivity index (χ0n) is 12.4. The van der Waals surface area contributed by atoms with Crippen LogP contribution < -0.4 is 4.74 Å². The molecule has 114 valence electrons. The summed E-state index contributed by atoms with van der Waals surface area (Å²) in [4.78, 5) is 13.7. The molecule has 4 nitrogen and oxygen atoms in total. The van der Waals surface area contributed by atoms with Crippen LogP contribution >= 0.6 is 0 Å². The molecule has 1 unspecified atom stereocenters. The first kappa shape index (κ1) is 14.4. The number of benzene rings is 1. The summed E-state index contributed by atoms with van der Waals surface area (Å²) in [5.74, 6) is 0.240. The molecule has 2 heterocycles. The molecule has 0 spiro atoms. The van der Waals surface area contributed by atoms with E-state index in [-0.39, 0.29) is 12.5 Å². The van der Waals surface area contributed by atoms with E-state index in [4.69, 9.17) is 4.74 Å². The minimum atomic E-state index is -0.721. The molecule has 21 heavy (non-hydrogen) atoms. The smallest absolute Gasteiger partial charge is 0.305 e. The van der Waals surface area contributed by atoms with Crippen LogP contribution in [0.2, 0.25) is 0 Å². The highest BCUT2D eigenvalue weighted by atomic mass is 16.5. The molecule has 0 radical (unpaired) electrons. The van der Waals surface area contributed by atoms with E-state index >= 15 is 0 Å². The van der Waals surface area contributed by atoms with Gasteiger partial charge in [-0.1, -0.05) is 25.0 Å². The van der Waals surface area contributed by atoms with Crippen molar-refractivity contribution < 1.29 is 14.6 Å². The molecular formula is C17H23NO3. The van der Waals surface area contributed by atoms with Gasteiger partial charge in [-0.2, -0.15) is 0 Å². The molecule has 0 saturated carbocycles. The Morgan fingerprint density at radius 2 is 2.00 bits per heavy atom. The highest BCUT2D eigenvalue weighted by Crippen LogP contribution is 2.32.